The molecule has 0 aliphatic heterocycles. The molecule has 3 rings (SSSR count). The molecule has 182 valence electrons. The highest BCUT2D eigenvalue weighted by atomic mass is 35.5. The van der Waals surface area contributed by atoms with E-state index >= 15 is 0 Å². The number of hydrogen-bond donors (Lipinski definition) is 2. The summed E-state index contributed by atoms with van der Waals surface area (Å²) in [7, 11) is 0. The topological polar surface area (TPSA) is 89.0 Å². The lowest BCUT2D eigenvalue weighted by atomic mass is 10.2. The second kappa shape index (κ2) is 12.4. The summed E-state index contributed by atoms with van der Waals surface area (Å²) in [5.74, 6) is -1.72. The summed E-state index contributed by atoms with van der Waals surface area (Å²) >= 11 is 17.8. The quantitative estimate of drug-likeness (QED) is 0.214. The predicted molar refractivity (Wildman–Crippen MR) is 134 cm³/mol. The van der Waals surface area contributed by atoms with Crippen LogP contribution >= 0.6 is 34.8 Å². The van der Waals surface area contributed by atoms with E-state index in [4.69, 9.17) is 44.3 Å². The van der Waals surface area contributed by atoms with E-state index in [1.165, 1.54) is 18.3 Å². The first kappa shape index (κ1) is 26.3. The van der Waals surface area contributed by atoms with E-state index < -0.39 is 17.6 Å². The number of rotatable bonds is 8. The van der Waals surface area contributed by atoms with Crippen LogP contribution in [0.15, 0.2) is 59.7 Å². The Bertz CT molecular complexity index is 1270. The number of amides is 2. The molecule has 0 spiro atoms. The Balaban J connectivity index is 1.61. The number of carbonyl (C=O) groups is 2. The van der Waals surface area contributed by atoms with Crippen molar-refractivity contribution in [3.05, 3.63) is 86.6 Å². The molecule has 0 unspecified atom stereocenters. The number of ether oxygens (including phenoxy) is 2. The third-order valence-corrected chi connectivity index (χ3v) is 5.31. The molecule has 0 aliphatic rings. The minimum atomic E-state index is -1.02. The summed E-state index contributed by atoms with van der Waals surface area (Å²) in [5.41, 5.74) is 3.62. The van der Waals surface area contributed by atoms with Gasteiger partial charge in [-0.05, 0) is 61.0 Å². The zero-order valence-electron chi connectivity index (χ0n) is 18.3. The number of halogens is 4. The van der Waals surface area contributed by atoms with E-state index in [1.54, 1.807) is 36.4 Å². The SMILES string of the molecule is CCOc1cc(/C=N/NC(=O)C(=O)Nc2ccc(F)c(Cl)c2)ccc1OCc1ccc(Cl)cc1Cl. The molecule has 2 N–H and O–H groups in total. The zero-order chi connectivity index (χ0) is 25.4. The molecule has 2 amide bonds. The van der Waals surface area contributed by atoms with Crippen molar-refractivity contribution in [2.75, 3.05) is 11.9 Å². The van der Waals surface area contributed by atoms with Crippen LogP contribution in [0.3, 0.4) is 0 Å². The molecule has 0 heterocycles. The third-order valence-electron chi connectivity index (χ3n) is 4.43. The van der Waals surface area contributed by atoms with E-state index in [0.717, 1.165) is 11.6 Å². The normalized spacial score (nSPS) is 10.8. The number of nitrogens with zero attached hydrogens (tertiary/aromatic N) is 1. The molecule has 3 aromatic carbocycles. The fraction of sp³-hybridized carbons (Fsp3) is 0.125. The van der Waals surface area contributed by atoms with Gasteiger partial charge in [-0.2, -0.15) is 5.10 Å². The highest BCUT2D eigenvalue weighted by molar-refractivity contribution is 6.40. The molecule has 0 aliphatic carbocycles. The van der Waals surface area contributed by atoms with Crippen LogP contribution in [0, 0.1) is 5.82 Å². The molecule has 11 heteroatoms. The summed E-state index contributed by atoms with van der Waals surface area (Å²) in [6.45, 7) is 2.42. The van der Waals surface area contributed by atoms with Gasteiger partial charge in [-0.3, -0.25) is 9.59 Å². The number of hydrazone groups is 1. The molecule has 0 aromatic heterocycles. The van der Waals surface area contributed by atoms with Gasteiger partial charge in [-0.1, -0.05) is 40.9 Å². The maximum absolute atomic E-state index is 13.2. The summed E-state index contributed by atoms with van der Waals surface area (Å²) in [6.07, 6.45) is 1.34. The average Bonchev–Trinajstić information content (AvgIpc) is 2.82. The van der Waals surface area contributed by atoms with E-state index in [1.807, 2.05) is 6.92 Å². The monoisotopic (exact) mass is 537 g/mol. The van der Waals surface area contributed by atoms with Gasteiger partial charge in [0.2, 0.25) is 0 Å². The van der Waals surface area contributed by atoms with Crippen LogP contribution in [0.2, 0.25) is 15.1 Å². The second-order valence-electron chi connectivity index (χ2n) is 6.95. The van der Waals surface area contributed by atoms with Crippen molar-refractivity contribution in [2.45, 2.75) is 13.5 Å². The minimum absolute atomic E-state index is 0.164. The van der Waals surface area contributed by atoms with Gasteiger partial charge in [0.05, 0.1) is 17.8 Å². The lowest BCUT2D eigenvalue weighted by molar-refractivity contribution is -0.136. The van der Waals surface area contributed by atoms with Crippen LogP contribution in [0.1, 0.15) is 18.1 Å². The maximum atomic E-state index is 13.2. The maximum Gasteiger partial charge on any atom is 0.329 e. The zero-order valence-corrected chi connectivity index (χ0v) is 20.5. The van der Waals surface area contributed by atoms with Crippen molar-refractivity contribution < 1.29 is 23.5 Å². The first-order chi connectivity index (χ1) is 16.8. The van der Waals surface area contributed by atoms with E-state index in [9.17, 15) is 14.0 Å². The van der Waals surface area contributed by atoms with Gasteiger partial charge in [-0.15, -0.1) is 0 Å². The Kier molecular flexibility index (Phi) is 9.31. The van der Waals surface area contributed by atoms with Crippen molar-refractivity contribution in [2.24, 2.45) is 5.10 Å². The second-order valence-corrected chi connectivity index (χ2v) is 8.20. The van der Waals surface area contributed by atoms with Gasteiger partial charge in [-0.25, -0.2) is 9.82 Å². The standard InChI is InChI=1S/C24H19Cl3FN3O4/c1-2-34-22-9-14(3-8-21(22)35-13-15-4-5-16(25)10-18(15)26)12-29-31-24(33)23(32)30-17-6-7-20(28)19(27)11-17/h3-12H,2,13H2,1H3,(H,30,32)(H,31,33)/b29-12+. The van der Waals surface area contributed by atoms with Crippen LogP contribution in [0.5, 0.6) is 11.5 Å². The number of carbonyl (C=O) groups excluding carboxylic acids is 2. The van der Waals surface area contributed by atoms with Gasteiger partial charge in [0.25, 0.3) is 0 Å². The summed E-state index contributed by atoms with van der Waals surface area (Å²) < 4.78 is 24.7. The molecular formula is C24H19Cl3FN3O4. The Morgan fingerprint density at radius 1 is 0.943 bits per heavy atom. The van der Waals surface area contributed by atoms with Gasteiger partial charge in [0.1, 0.15) is 12.4 Å². The van der Waals surface area contributed by atoms with Gasteiger partial charge in [0.15, 0.2) is 11.5 Å². The Hall–Kier alpha value is -3.33. The van der Waals surface area contributed by atoms with Gasteiger partial charge < -0.3 is 14.8 Å². The Morgan fingerprint density at radius 2 is 1.74 bits per heavy atom. The van der Waals surface area contributed by atoms with Crippen LogP contribution in [0.4, 0.5) is 10.1 Å². The largest absolute Gasteiger partial charge is 0.490 e. The van der Waals surface area contributed by atoms with E-state index in [2.05, 4.69) is 15.8 Å². The summed E-state index contributed by atoms with van der Waals surface area (Å²) in [5, 5.41) is 6.91. The Morgan fingerprint density at radius 3 is 2.46 bits per heavy atom. The molecule has 0 bridgehead atoms. The molecule has 7 nitrogen and oxygen atoms in total. The highest BCUT2D eigenvalue weighted by Gasteiger charge is 2.14. The summed E-state index contributed by atoms with van der Waals surface area (Å²) in [4.78, 5) is 24.0. The van der Waals surface area contributed by atoms with Crippen molar-refractivity contribution in [1.29, 1.82) is 0 Å². The van der Waals surface area contributed by atoms with Crippen molar-refractivity contribution in [3.63, 3.8) is 0 Å². The van der Waals surface area contributed by atoms with Crippen LogP contribution in [-0.4, -0.2) is 24.6 Å². The lowest BCUT2D eigenvalue weighted by Crippen LogP contribution is -2.32. The molecule has 3 aromatic rings. The van der Waals surface area contributed by atoms with Crippen LogP contribution < -0.4 is 20.2 Å². The number of anilines is 1. The predicted octanol–water partition coefficient (Wildman–Crippen LogP) is 5.85. The number of nitrogens with one attached hydrogen (secondary N) is 2. The first-order valence-electron chi connectivity index (χ1n) is 10.2. The summed E-state index contributed by atoms with van der Waals surface area (Å²) in [6, 6.07) is 13.7. The molecule has 0 radical (unpaired) electrons. The third kappa shape index (κ3) is 7.58. The van der Waals surface area contributed by atoms with Crippen molar-refractivity contribution in [1.82, 2.24) is 5.43 Å². The minimum Gasteiger partial charge on any atom is -0.490 e. The fourth-order valence-electron chi connectivity index (χ4n) is 2.76. The van der Waals surface area contributed by atoms with Crippen molar-refractivity contribution >= 4 is 58.5 Å². The first-order valence-corrected chi connectivity index (χ1v) is 11.3. The molecular weight excluding hydrogens is 520 g/mol. The van der Waals surface area contributed by atoms with Crippen LogP contribution in [0.25, 0.3) is 0 Å². The molecule has 0 atom stereocenters. The molecule has 0 saturated carbocycles. The lowest BCUT2D eigenvalue weighted by Gasteiger charge is -2.13. The Labute approximate surface area is 215 Å². The van der Waals surface area contributed by atoms with Crippen LogP contribution in [-0.2, 0) is 16.2 Å². The number of benzene rings is 3. The highest BCUT2D eigenvalue weighted by Crippen LogP contribution is 2.30. The number of hydrogen-bond acceptors (Lipinski definition) is 5. The smallest absolute Gasteiger partial charge is 0.329 e. The van der Waals surface area contributed by atoms with Crippen molar-refractivity contribution in [3.8, 4) is 11.5 Å². The van der Waals surface area contributed by atoms with Gasteiger partial charge >= 0.3 is 11.8 Å². The molecule has 35 heavy (non-hydrogen) atoms. The van der Waals surface area contributed by atoms with E-state index in [0.29, 0.717) is 33.7 Å². The van der Waals surface area contributed by atoms with Gasteiger partial charge in [0, 0.05) is 21.3 Å². The average molecular weight is 539 g/mol. The fourth-order valence-corrected chi connectivity index (χ4v) is 3.41. The molecule has 0 fully saturated rings. The van der Waals surface area contributed by atoms with E-state index in [-0.39, 0.29) is 17.3 Å². The molecule has 0 saturated heterocycles.